The highest BCUT2D eigenvalue weighted by Crippen LogP contribution is 2.31. The van der Waals surface area contributed by atoms with Crippen LogP contribution >= 0.6 is 0 Å². The van der Waals surface area contributed by atoms with Crippen LogP contribution in [0.2, 0.25) is 0 Å². The molecule has 0 saturated carbocycles. The molecular formula is C15H25N5O6S. The number of hydroxylamine groups is 2. The summed E-state index contributed by atoms with van der Waals surface area (Å²) in [4.78, 5) is 26.8. The van der Waals surface area contributed by atoms with Crippen molar-refractivity contribution >= 4 is 22.3 Å². The van der Waals surface area contributed by atoms with Gasteiger partial charge < -0.3 is 20.9 Å². The highest BCUT2D eigenvalue weighted by Gasteiger charge is 2.49. The SMILES string of the molecule is COS(=O)(=O)ON1C(=O)N2C[C@H]1CC[C@H]2C(=O)NC1CC2CNCC(C1)N2. The number of hydrogen-bond acceptors (Lipinski definition) is 8. The van der Waals surface area contributed by atoms with Crippen molar-refractivity contribution in [2.75, 3.05) is 26.7 Å². The van der Waals surface area contributed by atoms with E-state index in [4.69, 9.17) is 4.28 Å². The Morgan fingerprint density at radius 2 is 1.93 bits per heavy atom. The van der Waals surface area contributed by atoms with Gasteiger partial charge in [-0.05, 0) is 25.7 Å². The first-order valence-electron chi connectivity index (χ1n) is 9.23. The highest BCUT2D eigenvalue weighted by molar-refractivity contribution is 7.81. The number of carbonyl (C=O) groups excluding carboxylic acids is 2. The van der Waals surface area contributed by atoms with Crippen molar-refractivity contribution in [3.63, 3.8) is 0 Å². The van der Waals surface area contributed by atoms with Gasteiger partial charge in [-0.2, -0.15) is 13.5 Å². The minimum Gasteiger partial charge on any atom is -0.351 e. The van der Waals surface area contributed by atoms with Crippen LogP contribution in [0.25, 0.3) is 0 Å². The number of urea groups is 1. The van der Waals surface area contributed by atoms with Gasteiger partial charge in [0.15, 0.2) is 0 Å². The third-order valence-corrected chi connectivity index (χ3v) is 6.49. The van der Waals surface area contributed by atoms with Gasteiger partial charge in [-0.25, -0.2) is 4.79 Å². The smallest absolute Gasteiger partial charge is 0.351 e. The second-order valence-corrected chi connectivity index (χ2v) is 8.85. The first kappa shape index (κ1) is 18.9. The van der Waals surface area contributed by atoms with Crippen LogP contribution in [-0.2, 0) is 23.7 Å². The number of amides is 3. The van der Waals surface area contributed by atoms with Crippen LogP contribution in [0.5, 0.6) is 0 Å². The summed E-state index contributed by atoms with van der Waals surface area (Å²) >= 11 is 0. The number of hydrogen-bond donors (Lipinski definition) is 3. The quantitative estimate of drug-likeness (QED) is 0.495. The van der Waals surface area contributed by atoms with Crippen LogP contribution < -0.4 is 16.0 Å². The summed E-state index contributed by atoms with van der Waals surface area (Å²) in [6.45, 7) is 2.04. The molecule has 4 aliphatic rings. The van der Waals surface area contributed by atoms with Gasteiger partial charge in [-0.1, -0.05) is 0 Å². The summed E-state index contributed by atoms with van der Waals surface area (Å²) in [5.74, 6) is -0.184. The predicted molar refractivity (Wildman–Crippen MR) is 92.5 cm³/mol. The molecule has 0 aromatic rings. The summed E-state index contributed by atoms with van der Waals surface area (Å²) in [7, 11) is -3.32. The zero-order valence-corrected chi connectivity index (χ0v) is 15.9. The molecule has 4 saturated heterocycles. The number of carbonyl (C=O) groups is 2. The van der Waals surface area contributed by atoms with Crippen LogP contribution in [0, 0.1) is 0 Å². The van der Waals surface area contributed by atoms with E-state index in [2.05, 4.69) is 20.1 Å². The van der Waals surface area contributed by atoms with Crippen LogP contribution in [0.15, 0.2) is 0 Å². The van der Waals surface area contributed by atoms with E-state index in [0.29, 0.717) is 24.9 Å². The summed E-state index contributed by atoms with van der Waals surface area (Å²) in [6.07, 6.45) is 2.65. The van der Waals surface area contributed by atoms with Crippen molar-refractivity contribution in [2.45, 2.75) is 55.9 Å². The van der Waals surface area contributed by atoms with Crippen LogP contribution in [0.1, 0.15) is 25.7 Å². The molecule has 4 heterocycles. The minimum atomic E-state index is -4.28. The molecule has 12 heteroatoms. The number of nitrogens with one attached hydrogen (secondary N) is 3. The molecule has 4 fully saturated rings. The molecule has 4 aliphatic heterocycles. The van der Waals surface area contributed by atoms with E-state index in [1.807, 2.05) is 0 Å². The van der Waals surface area contributed by atoms with Gasteiger partial charge >= 0.3 is 16.4 Å². The van der Waals surface area contributed by atoms with E-state index < -0.39 is 28.5 Å². The van der Waals surface area contributed by atoms with Crippen LogP contribution in [-0.4, -0.2) is 87.3 Å². The topological polar surface area (TPSA) is 129 Å². The average Bonchev–Trinajstić information content (AvgIpc) is 2.86. The minimum absolute atomic E-state index is 0.0764. The Balaban J connectivity index is 1.39. The van der Waals surface area contributed by atoms with Gasteiger partial charge in [-0.15, -0.1) is 4.28 Å². The lowest BCUT2D eigenvalue weighted by atomic mass is 9.90. The van der Waals surface area contributed by atoms with E-state index in [-0.39, 0.29) is 18.5 Å². The molecule has 3 amide bonds. The lowest BCUT2D eigenvalue weighted by Gasteiger charge is -2.41. The van der Waals surface area contributed by atoms with E-state index in [9.17, 15) is 18.0 Å². The van der Waals surface area contributed by atoms with Crippen LogP contribution in [0.4, 0.5) is 4.79 Å². The van der Waals surface area contributed by atoms with E-state index in [1.54, 1.807) is 0 Å². The summed E-state index contributed by atoms with van der Waals surface area (Å²) < 4.78 is 32.0. The second-order valence-electron chi connectivity index (χ2n) is 7.55. The zero-order chi connectivity index (χ0) is 19.2. The molecule has 4 atom stereocenters. The van der Waals surface area contributed by atoms with E-state index in [0.717, 1.165) is 38.1 Å². The van der Waals surface area contributed by atoms with Gasteiger partial charge in [0.1, 0.15) is 6.04 Å². The number of piperazine rings is 1. The highest BCUT2D eigenvalue weighted by atomic mass is 32.3. The average molecular weight is 403 g/mol. The molecule has 152 valence electrons. The van der Waals surface area contributed by atoms with Crippen molar-refractivity contribution in [1.29, 1.82) is 0 Å². The Morgan fingerprint density at radius 3 is 2.59 bits per heavy atom. The molecule has 4 rings (SSSR count). The fourth-order valence-electron chi connectivity index (χ4n) is 4.52. The first-order chi connectivity index (χ1) is 12.9. The zero-order valence-electron chi connectivity index (χ0n) is 15.1. The molecule has 0 aromatic carbocycles. The number of rotatable bonds is 5. The summed E-state index contributed by atoms with van der Waals surface area (Å²) in [5, 5.41) is 10.8. The molecule has 27 heavy (non-hydrogen) atoms. The molecule has 0 spiro atoms. The summed E-state index contributed by atoms with van der Waals surface area (Å²) in [6, 6.07) is -0.876. The maximum atomic E-state index is 12.8. The van der Waals surface area contributed by atoms with Gasteiger partial charge in [0.25, 0.3) is 0 Å². The Labute approximate surface area is 158 Å². The molecule has 0 aromatic heterocycles. The van der Waals surface area contributed by atoms with Gasteiger partial charge in [0.05, 0.1) is 13.2 Å². The molecule has 0 radical (unpaired) electrons. The number of fused-ring (bicyclic) bond motifs is 4. The normalized spacial score (nSPS) is 36.0. The Hall–Kier alpha value is -1.47. The maximum Gasteiger partial charge on any atom is 0.420 e. The molecule has 2 unspecified atom stereocenters. The largest absolute Gasteiger partial charge is 0.420 e. The Morgan fingerprint density at radius 1 is 1.22 bits per heavy atom. The maximum absolute atomic E-state index is 12.8. The molecule has 0 aliphatic carbocycles. The van der Waals surface area contributed by atoms with Crippen molar-refractivity contribution in [3.05, 3.63) is 0 Å². The fourth-order valence-corrected chi connectivity index (χ4v) is 4.96. The van der Waals surface area contributed by atoms with E-state index in [1.165, 1.54) is 4.90 Å². The van der Waals surface area contributed by atoms with Crippen molar-refractivity contribution in [2.24, 2.45) is 0 Å². The molecule has 11 nitrogen and oxygen atoms in total. The first-order valence-corrected chi connectivity index (χ1v) is 10.6. The predicted octanol–water partition coefficient (Wildman–Crippen LogP) is -1.71. The third kappa shape index (κ3) is 3.76. The Kier molecular flexibility index (Phi) is 5.01. The molecule has 4 bridgehead atoms. The van der Waals surface area contributed by atoms with Crippen molar-refractivity contribution < 1.29 is 26.5 Å². The van der Waals surface area contributed by atoms with Gasteiger partial charge in [-0.3, -0.25) is 8.98 Å². The molecular weight excluding hydrogens is 378 g/mol. The monoisotopic (exact) mass is 403 g/mol. The lowest BCUT2D eigenvalue weighted by Crippen LogP contribution is -2.63. The second kappa shape index (κ2) is 7.17. The number of nitrogens with zero attached hydrogens (tertiary/aromatic N) is 2. The number of piperidine rings is 2. The molecule has 3 N–H and O–H groups in total. The van der Waals surface area contributed by atoms with Crippen LogP contribution in [0.3, 0.4) is 0 Å². The van der Waals surface area contributed by atoms with E-state index >= 15 is 0 Å². The van der Waals surface area contributed by atoms with Crippen molar-refractivity contribution in [1.82, 2.24) is 25.9 Å². The Bertz CT molecular complexity index is 705. The lowest BCUT2D eigenvalue weighted by molar-refractivity contribution is -0.127. The van der Waals surface area contributed by atoms with Gasteiger partial charge in [0, 0.05) is 37.8 Å². The third-order valence-electron chi connectivity index (χ3n) is 5.74. The van der Waals surface area contributed by atoms with Crippen molar-refractivity contribution in [3.8, 4) is 0 Å². The summed E-state index contributed by atoms with van der Waals surface area (Å²) in [5.41, 5.74) is 0. The fraction of sp³-hybridized carbons (Fsp3) is 0.867. The standard InChI is InChI=1S/C15H25N5O6S/c1-25-27(23,24)26-20-12-2-3-13(19(8-12)15(20)22)14(21)18-9-4-10-6-16-7-11(5-9)17-10/h9-13,16-17H,2-8H2,1H3,(H,18,21)/t9?,10?,11?,12-,13+/m1/s1. The van der Waals surface area contributed by atoms with Gasteiger partial charge in [0.2, 0.25) is 5.91 Å².